The van der Waals surface area contributed by atoms with Crippen molar-refractivity contribution in [2.24, 2.45) is 0 Å². The highest BCUT2D eigenvalue weighted by molar-refractivity contribution is 6.30. The predicted molar refractivity (Wildman–Crippen MR) is 51.0 cm³/mol. The third-order valence-corrected chi connectivity index (χ3v) is 1.67. The molecule has 0 saturated carbocycles. The first-order valence-electron chi connectivity index (χ1n) is 4.10. The van der Waals surface area contributed by atoms with Gasteiger partial charge in [-0.3, -0.25) is 0 Å². The van der Waals surface area contributed by atoms with Crippen LogP contribution < -0.4 is 4.73 Å². The number of carbonyl (C=O) groups excluding carboxylic acids is 1. The van der Waals surface area contributed by atoms with Crippen molar-refractivity contribution in [3.63, 3.8) is 0 Å². The van der Waals surface area contributed by atoms with E-state index in [1.54, 1.807) is 13.8 Å². The van der Waals surface area contributed by atoms with Crippen molar-refractivity contribution in [1.82, 2.24) is 0 Å². The first-order chi connectivity index (χ1) is 6.50. The molecule has 0 atom stereocenters. The number of hydrogen-bond donors (Lipinski definition) is 0. The lowest BCUT2D eigenvalue weighted by molar-refractivity contribution is -0.608. The number of carbonyl (C=O) groups is 1. The van der Waals surface area contributed by atoms with Gasteiger partial charge in [-0.15, -0.1) is 0 Å². The molecule has 5 heteroatoms. The van der Waals surface area contributed by atoms with E-state index in [0.29, 0.717) is 9.75 Å². The molecule has 0 fully saturated rings. The highest BCUT2D eigenvalue weighted by Crippen LogP contribution is 2.08. The molecule has 0 saturated heterocycles. The highest BCUT2D eigenvalue weighted by atomic mass is 35.5. The molecule has 0 spiro atoms. The molecule has 0 aliphatic heterocycles. The number of aromatic nitrogens is 1. The summed E-state index contributed by atoms with van der Waals surface area (Å²) in [5.41, 5.74) is -0.105. The summed E-state index contributed by atoms with van der Waals surface area (Å²) in [6.07, 6.45) is 0.903. The Bertz CT molecular complexity index is 352. The van der Waals surface area contributed by atoms with E-state index < -0.39 is 5.97 Å². The molecule has 0 N–H and O–H groups in total. The summed E-state index contributed by atoms with van der Waals surface area (Å²) >= 11 is 5.64. The minimum Gasteiger partial charge on any atom is -0.618 e. The fourth-order valence-electron chi connectivity index (χ4n) is 0.885. The third-order valence-electron chi connectivity index (χ3n) is 1.43. The molecule has 0 aliphatic rings. The molecule has 0 aromatic carbocycles. The predicted octanol–water partition coefficient (Wildman–Crippen LogP) is 1.54. The van der Waals surface area contributed by atoms with Crippen LogP contribution in [-0.4, -0.2) is 12.1 Å². The van der Waals surface area contributed by atoms with E-state index in [4.69, 9.17) is 16.3 Å². The van der Waals surface area contributed by atoms with Crippen LogP contribution in [0.25, 0.3) is 0 Å². The van der Waals surface area contributed by atoms with E-state index in [2.05, 4.69) is 0 Å². The second-order valence-electron chi connectivity index (χ2n) is 3.01. The van der Waals surface area contributed by atoms with E-state index in [9.17, 15) is 10.0 Å². The Morgan fingerprint density at radius 3 is 2.86 bits per heavy atom. The summed E-state index contributed by atoms with van der Waals surface area (Å²) in [6, 6.07) is 2.68. The number of nitrogens with zero attached hydrogens (tertiary/aromatic N) is 1. The lowest BCUT2D eigenvalue weighted by Gasteiger charge is -2.07. The zero-order chi connectivity index (χ0) is 10.7. The Balaban J connectivity index is 2.94. The molecule has 1 aromatic heterocycles. The zero-order valence-corrected chi connectivity index (χ0v) is 8.62. The second kappa shape index (κ2) is 4.28. The Morgan fingerprint density at radius 2 is 2.29 bits per heavy atom. The van der Waals surface area contributed by atoms with Crippen molar-refractivity contribution in [3.8, 4) is 0 Å². The lowest BCUT2D eigenvalue weighted by Crippen LogP contribution is -2.35. The maximum atomic E-state index is 11.3. The van der Waals surface area contributed by atoms with Gasteiger partial charge in [0.2, 0.25) is 0 Å². The summed E-state index contributed by atoms with van der Waals surface area (Å²) in [7, 11) is 0. The molecule has 0 amide bonds. The normalized spacial score (nSPS) is 10.3. The number of esters is 1. The van der Waals surface area contributed by atoms with Crippen molar-refractivity contribution in [1.29, 1.82) is 0 Å². The average molecular weight is 216 g/mol. The molecule has 0 radical (unpaired) electrons. The molecule has 1 rings (SSSR count). The van der Waals surface area contributed by atoms with Crippen LogP contribution in [0, 0.1) is 5.21 Å². The molecule has 1 heterocycles. The van der Waals surface area contributed by atoms with Crippen molar-refractivity contribution < 1.29 is 14.3 Å². The monoisotopic (exact) mass is 215 g/mol. The number of ether oxygens (including phenoxy) is 1. The van der Waals surface area contributed by atoms with Crippen LogP contribution in [0.15, 0.2) is 18.3 Å². The molecule has 1 aromatic rings. The summed E-state index contributed by atoms with van der Waals surface area (Å²) in [5, 5.41) is 11.5. The third kappa shape index (κ3) is 2.60. The molecule has 14 heavy (non-hydrogen) atoms. The summed E-state index contributed by atoms with van der Waals surface area (Å²) in [4.78, 5) is 11.3. The van der Waals surface area contributed by atoms with Crippen LogP contribution in [0.4, 0.5) is 0 Å². The van der Waals surface area contributed by atoms with Crippen LogP contribution in [0.5, 0.6) is 0 Å². The number of pyridine rings is 1. The molecule has 76 valence electrons. The van der Waals surface area contributed by atoms with Gasteiger partial charge in [0.1, 0.15) is 0 Å². The fourth-order valence-corrected chi connectivity index (χ4v) is 1.04. The SMILES string of the molecule is CC(C)OC(=O)c1cc(Cl)cc[n+]1[O-]. The minimum absolute atomic E-state index is 0.105. The van der Waals surface area contributed by atoms with Crippen LogP contribution in [0.3, 0.4) is 0 Å². The van der Waals surface area contributed by atoms with E-state index in [1.807, 2.05) is 0 Å². The van der Waals surface area contributed by atoms with E-state index in [1.165, 1.54) is 18.3 Å². The van der Waals surface area contributed by atoms with Crippen molar-refractivity contribution in [2.45, 2.75) is 20.0 Å². The first-order valence-corrected chi connectivity index (χ1v) is 4.48. The van der Waals surface area contributed by atoms with Gasteiger partial charge in [0, 0.05) is 12.1 Å². The lowest BCUT2D eigenvalue weighted by atomic mass is 10.3. The van der Waals surface area contributed by atoms with E-state index in [0.717, 1.165) is 0 Å². The topological polar surface area (TPSA) is 53.2 Å². The highest BCUT2D eigenvalue weighted by Gasteiger charge is 2.19. The van der Waals surface area contributed by atoms with Gasteiger partial charge in [-0.25, -0.2) is 4.79 Å². The molecule has 0 bridgehead atoms. The smallest absolute Gasteiger partial charge is 0.405 e. The summed E-state index contributed by atoms with van der Waals surface area (Å²) in [5.74, 6) is -0.669. The van der Waals surface area contributed by atoms with Crippen LogP contribution in [0.1, 0.15) is 24.3 Å². The molecular weight excluding hydrogens is 206 g/mol. The van der Waals surface area contributed by atoms with Crippen molar-refractivity contribution >= 4 is 17.6 Å². The minimum atomic E-state index is -0.669. The van der Waals surface area contributed by atoms with Gasteiger partial charge in [-0.05, 0) is 13.8 Å². The Morgan fingerprint density at radius 1 is 1.64 bits per heavy atom. The molecule has 4 nitrogen and oxygen atoms in total. The maximum Gasteiger partial charge on any atom is 0.405 e. The molecular formula is C9H10ClNO3. The number of halogens is 1. The number of hydrogen-bond acceptors (Lipinski definition) is 3. The Labute approximate surface area is 86.6 Å². The molecule has 0 aliphatic carbocycles. The maximum absolute atomic E-state index is 11.3. The fraction of sp³-hybridized carbons (Fsp3) is 0.333. The summed E-state index contributed by atoms with van der Waals surface area (Å²) in [6.45, 7) is 3.41. The first kappa shape index (κ1) is 10.8. The Hall–Kier alpha value is -1.29. The Kier molecular flexibility index (Phi) is 3.30. The van der Waals surface area contributed by atoms with Crippen molar-refractivity contribution in [2.75, 3.05) is 0 Å². The van der Waals surface area contributed by atoms with E-state index >= 15 is 0 Å². The van der Waals surface area contributed by atoms with Crippen molar-refractivity contribution in [3.05, 3.63) is 34.3 Å². The van der Waals surface area contributed by atoms with Crippen LogP contribution >= 0.6 is 11.6 Å². The van der Waals surface area contributed by atoms with Gasteiger partial charge < -0.3 is 9.94 Å². The van der Waals surface area contributed by atoms with Crippen LogP contribution in [0.2, 0.25) is 5.02 Å². The second-order valence-corrected chi connectivity index (χ2v) is 3.45. The van der Waals surface area contributed by atoms with Gasteiger partial charge in [0.15, 0.2) is 6.20 Å². The standard InChI is InChI=1S/C9H10ClNO3/c1-6(2)14-9(12)8-5-7(10)3-4-11(8)13/h3-6H,1-2H3. The molecule has 0 unspecified atom stereocenters. The van der Waals surface area contributed by atoms with Gasteiger partial charge in [0.25, 0.3) is 0 Å². The number of rotatable bonds is 2. The quantitative estimate of drug-likeness (QED) is 0.427. The van der Waals surface area contributed by atoms with E-state index in [-0.39, 0.29) is 11.8 Å². The summed E-state index contributed by atoms with van der Waals surface area (Å²) < 4.78 is 5.28. The van der Waals surface area contributed by atoms with Crippen LogP contribution in [-0.2, 0) is 4.74 Å². The van der Waals surface area contributed by atoms with Gasteiger partial charge in [0.05, 0.1) is 11.1 Å². The largest absolute Gasteiger partial charge is 0.618 e. The average Bonchev–Trinajstić information content (AvgIpc) is 2.08. The van der Waals surface area contributed by atoms with Gasteiger partial charge in [-0.1, -0.05) is 11.6 Å². The zero-order valence-electron chi connectivity index (χ0n) is 7.86. The van der Waals surface area contributed by atoms with Gasteiger partial charge in [-0.2, -0.15) is 4.73 Å². The van der Waals surface area contributed by atoms with Gasteiger partial charge >= 0.3 is 11.7 Å².